The molecule has 1 aromatic carbocycles. The molecule has 0 aliphatic rings. The van der Waals surface area contributed by atoms with Crippen LogP contribution in [0.1, 0.15) is 16.1 Å². The topological polar surface area (TPSA) is 79.1 Å². The van der Waals surface area contributed by atoms with Crippen LogP contribution < -0.4 is 0 Å². The highest BCUT2D eigenvalue weighted by molar-refractivity contribution is 5.96. The van der Waals surface area contributed by atoms with E-state index in [1.54, 1.807) is 0 Å². The predicted molar refractivity (Wildman–Crippen MR) is 65.8 cm³/mol. The molecule has 0 aliphatic heterocycles. The van der Waals surface area contributed by atoms with Crippen molar-refractivity contribution >= 4 is 16.9 Å². The SMILES string of the molecule is O=C(O)c1cc(-c2c[nH]c3cc(C(F)(F)F)ccc23)no1. The summed E-state index contributed by atoms with van der Waals surface area (Å²) >= 11 is 0. The lowest BCUT2D eigenvalue weighted by atomic mass is 10.1. The minimum absolute atomic E-state index is 0.235. The maximum atomic E-state index is 12.6. The third kappa shape index (κ3) is 2.24. The maximum Gasteiger partial charge on any atom is 0.416 e. The number of rotatable bonds is 2. The van der Waals surface area contributed by atoms with E-state index in [1.165, 1.54) is 18.3 Å². The van der Waals surface area contributed by atoms with E-state index in [2.05, 4.69) is 14.7 Å². The average Bonchev–Trinajstić information content (AvgIpc) is 3.03. The Morgan fingerprint density at radius 2 is 2.05 bits per heavy atom. The standard InChI is InChI=1S/C13H7F3N2O3/c14-13(15,16)6-1-2-7-8(5-17-9(7)3-6)10-4-11(12(19)20)21-18-10/h1-5,17H,(H,19,20). The molecule has 0 saturated carbocycles. The molecule has 0 spiro atoms. The molecule has 0 radical (unpaired) electrons. The number of nitrogens with one attached hydrogen (secondary N) is 1. The summed E-state index contributed by atoms with van der Waals surface area (Å²) in [6.07, 6.45) is -2.97. The summed E-state index contributed by atoms with van der Waals surface area (Å²) in [6, 6.07) is 4.45. The van der Waals surface area contributed by atoms with E-state index in [9.17, 15) is 18.0 Å². The van der Waals surface area contributed by atoms with E-state index >= 15 is 0 Å². The van der Waals surface area contributed by atoms with E-state index < -0.39 is 17.7 Å². The Morgan fingerprint density at radius 1 is 1.29 bits per heavy atom. The van der Waals surface area contributed by atoms with Crippen molar-refractivity contribution in [2.75, 3.05) is 0 Å². The second-order valence-corrected chi connectivity index (χ2v) is 4.34. The van der Waals surface area contributed by atoms with Gasteiger partial charge in [-0.1, -0.05) is 11.2 Å². The highest BCUT2D eigenvalue weighted by atomic mass is 19.4. The van der Waals surface area contributed by atoms with E-state index in [0.717, 1.165) is 12.1 Å². The molecule has 2 aromatic heterocycles. The van der Waals surface area contributed by atoms with Gasteiger partial charge in [0, 0.05) is 28.7 Å². The van der Waals surface area contributed by atoms with Crippen molar-refractivity contribution in [3.05, 3.63) is 41.8 Å². The monoisotopic (exact) mass is 296 g/mol. The molecule has 0 unspecified atom stereocenters. The van der Waals surface area contributed by atoms with Crippen LogP contribution in [0.15, 0.2) is 35.0 Å². The molecule has 5 nitrogen and oxygen atoms in total. The van der Waals surface area contributed by atoms with Crippen LogP contribution in [0.5, 0.6) is 0 Å². The molecule has 0 amide bonds. The van der Waals surface area contributed by atoms with E-state index in [1.807, 2.05) is 0 Å². The molecule has 0 atom stereocenters. The smallest absolute Gasteiger partial charge is 0.416 e. The second kappa shape index (κ2) is 4.37. The van der Waals surface area contributed by atoms with Crippen molar-refractivity contribution in [2.45, 2.75) is 6.18 Å². The molecule has 0 saturated heterocycles. The highest BCUT2D eigenvalue weighted by Gasteiger charge is 2.30. The van der Waals surface area contributed by atoms with Crippen LogP contribution in [0, 0.1) is 0 Å². The zero-order valence-electron chi connectivity index (χ0n) is 10.2. The van der Waals surface area contributed by atoms with Gasteiger partial charge in [-0.15, -0.1) is 0 Å². The first kappa shape index (κ1) is 13.2. The number of benzene rings is 1. The van der Waals surface area contributed by atoms with Gasteiger partial charge < -0.3 is 14.6 Å². The summed E-state index contributed by atoms with van der Waals surface area (Å²) in [5.41, 5.74) is 0.211. The number of aromatic carboxylic acids is 1. The van der Waals surface area contributed by atoms with Gasteiger partial charge in [0.25, 0.3) is 0 Å². The zero-order chi connectivity index (χ0) is 15.2. The van der Waals surface area contributed by atoms with E-state index in [0.29, 0.717) is 10.9 Å². The summed E-state index contributed by atoms with van der Waals surface area (Å²) < 4.78 is 42.5. The van der Waals surface area contributed by atoms with Crippen molar-refractivity contribution in [1.82, 2.24) is 10.1 Å². The van der Waals surface area contributed by atoms with Gasteiger partial charge in [0.2, 0.25) is 5.76 Å². The molecule has 0 bridgehead atoms. The average molecular weight is 296 g/mol. The van der Waals surface area contributed by atoms with Gasteiger partial charge in [-0.3, -0.25) is 0 Å². The number of carboxylic acid groups (broad SMARTS) is 1. The van der Waals surface area contributed by atoms with Crippen LogP contribution in [0.2, 0.25) is 0 Å². The van der Waals surface area contributed by atoms with Crippen LogP contribution in [0.25, 0.3) is 22.2 Å². The second-order valence-electron chi connectivity index (χ2n) is 4.34. The number of hydrogen-bond donors (Lipinski definition) is 2. The first-order valence-electron chi connectivity index (χ1n) is 5.75. The first-order valence-corrected chi connectivity index (χ1v) is 5.75. The number of aromatic nitrogens is 2. The zero-order valence-corrected chi connectivity index (χ0v) is 10.2. The Kier molecular flexibility index (Phi) is 2.75. The molecule has 2 N–H and O–H groups in total. The third-order valence-electron chi connectivity index (χ3n) is 3.01. The van der Waals surface area contributed by atoms with Crippen molar-refractivity contribution in [1.29, 1.82) is 0 Å². The molecular formula is C13H7F3N2O3. The Hall–Kier alpha value is -2.77. The normalized spacial score (nSPS) is 12.0. The molecule has 21 heavy (non-hydrogen) atoms. The van der Waals surface area contributed by atoms with E-state index in [4.69, 9.17) is 5.11 Å². The summed E-state index contributed by atoms with van der Waals surface area (Å²) in [7, 11) is 0. The Labute approximate surface area is 115 Å². The lowest BCUT2D eigenvalue weighted by Gasteiger charge is -2.06. The predicted octanol–water partition coefficient (Wildman–Crippen LogP) is 3.54. The van der Waals surface area contributed by atoms with Crippen LogP contribution >= 0.6 is 0 Å². The van der Waals surface area contributed by atoms with Crippen molar-refractivity contribution < 1.29 is 27.6 Å². The van der Waals surface area contributed by atoms with Crippen molar-refractivity contribution in [3.8, 4) is 11.3 Å². The van der Waals surface area contributed by atoms with Crippen LogP contribution in [0.4, 0.5) is 13.2 Å². The number of hydrogen-bond acceptors (Lipinski definition) is 3. The molecule has 3 rings (SSSR count). The summed E-state index contributed by atoms with van der Waals surface area (Å²) in [6.45, 7) is 0. The number of carboxylic acids is 1. The third-order valence-corrected chi connectivity index (χ3v) is 3.01. The number of H-pyrrole nitrogens is 1. The Balaban J connectivity index is 2.10. The highest BCUT2D eigenvalue weighted by Crippen LogP contribution is 2.34. The lowest BCUT2D eigenvalue weighted by Crippen LogP contribution is -2.04. The molecule has 8 heteroatoms. The van der Waals surface area contributed by atoms with Crippen molar-refractivity contribution in [3.63, 3.8) is 0 Å². The molecule has 108 valence electrons. The van der Waals surface area contributed by atoms with Crippen LogP contribution in [0.3, 0.4) is 0 Å². The molecule has 0 aliphatic carbocycles. The lowest BCUT2D eigenvalue weighted by molar-refractivity contribution is -0.137. The fourth-order valence-corrected chi connectivity index (χ4v) is 2.02. The fourth-order valence-electron chi connectivity index (χ4n) is 2.02. The van der Waals surface area contributed by atoms with Gasteiger partial charge in [0.05, 0.1) is 5.56 Å². The molecule has 2 heterocycles. The summed E-state index contributed by atoms with van der Waals surface area (Å²) in [5, 5.41) is 12.9. The number of fused-ring (bicyclic) bond motifs is 1. The van der Waals surface area contributed by atoms with Gasteiger partial charge in [-0.25, -0.2) is 4.79 Å². The van der Waals surface area contributed by atoms with Gasteiger partial charge in [0.15, 0.2) is 0 Å². The summed E-state index contributed by atoms with van der Waals surface area (Å²) in [4.78, 5) is 13.4. The quantitative estimate of drug-likeness (QED) is 0.758. The minimum Gasteiger partial charge on any atom is -0.475 e. The van der Waals surface area contributed by atoms with Crippen LogP contribution in [-0.2, 0) is 6.18 Å². The van der Waals surface area contributed by atoms with E-state index in [-0.39, 0.29) is 17.0 Å². The van der Waals surface area contributed by atoms with Crippen LogP contribution in [-0.4, -0.2) is 21.2 Å². The minimum atomic E-state index is -4.43. The Bertz CT molecular complexity index is 833. The van der Waals surface area contributed by atoms with Crippen molar-refractivity contribution in [2.24, 2.45) is 0 Å². The van der Waals surface area contributed by atoms with Gasteiger partial charge in [-0.05, 0) is 12.1 Å². The number of alkyl halides is 3. The first-order chi connectivity index (χ1) is 9.86. The largest absolute Gasteiger partial charge is 0.475 e. The van der Waals surface area contributed by atoms with Gasteiger partial charge in [-0.2, -0.15) is 13.2 Å². The molecular weight excluding hydrogens is 289 g/mol. The maximum absolute atomic E-state index is 12.6. The van der Waals surface area contributed by atoms with Gasteiger partial charge >= 0.3 is 12.1 Å². The van der Waals surface area contributed by atoms with Gasteiger partial charge in [0.1, 0.15) is 5.69 Å². The number of nitrogens with zero attached hydrogens (tertiary/aromatic N) is 1. The Morgan fingerprint density at radius 3 is 2.67 bits per heavy atom. The molecule has 0 fully saturated rings. The number of carbonyl (C=O) groups is 1. The fraction of sp³-hybridized carbons (Fsp3) is 0.0769. The molecule has 3 aromatic rings. The number of halogens is 3. The summed E-state index contributed by atoms with van der Waals surface area (Å²) in [5.74, 6) is -1.61. The number of aromatic amines is 1.